The van der Waals surface area contributed by atoms with Crippen molar-refractivity contribution in [3.8, 4) is 0 Å². The van der Waals surface area contributed by atoms with Gasteiger partial charge in [-0.05, 0) is 18.1 Å². The first kappa shape index (κ1) is 19.8. The van der Waals surface area contributed by atoms with Crippen molar-refractivity contribution >= 4 is 8.32 Å². The number of hydrogen-bond acceptors (Lipinski definition) is 4. The van der Waals surface area contributed by atoms with Crippen LogP contribution in [0.4, 0.5) is 0 Å². The molecule has 0 bridgehead atoms. The first-order valence-electron chi connectivity index (χ1n) is 7.12. The molecule has 0 unspecified atom stereocenters. The Labute approximate surface area is 125 Å². The second-order valence-electron chi connectivity index (χ2n) is 6.81. The van der Waals surface area contributed by atoms with Gasteiger partial charge in [-0.25, -0.2) is 0 Å². The Bertz CT molecular complexity index is 286. The van der Waals surface area contributed by atoms with Crippen molar-refractivity contribution in [3.05, 3.63) is 12.7 Å². The summed E-state index contributed by atoms with van der Waals surface area (Å²) in [6, 6.07) is 0. The molecule has 20 heavy (non-hydrogen) atoms. The van der Waals surface area contributed by atoms with Crippen LogP contribution in [-0.2, 0) is 13.9 Å². The summed E-state index contributed by atoms with van der Waals surface area (Å²) in [5, 5.41) is 10.5. The van der Waals surface area contributed by atoms with Crippen molar-refractivity contribution in [2.45, 2.75) is 58.0 Å². The summed E-state index contributed by atoms with van der Waals surface area (Å²) < 4.78 is 16.4. The number of aliphatic hydroxyl groups excluding tert-OH is 1. The highest BCUT2D eigenvalue weighted by Gasteiger charge is 2.38. The van der Waals surface area contributed by atoms with E-state index in [1.54, 1.807) is 13.2 Å². The monoisotopic (exact) mass is 304 g/mol. The van der Waals surface area contributed by atoms with E-state index in [9.17, 15) is 5.11 Å². The van der Waals surface area contributed by atoms with Crippen LogP contribution in [0.1, 0.15) is 27.7 Å². The van der Waals surface area contributed by atoms with Crippen molar-refractivity contribution in [1.29, 1.82) is 0 Å². The van der Waals surface area contributed by atoms with E-state index in [1.165, 1.54) is 0 Å². The molecule has 0 aromatic rings. The van der Waals surface area contributed by atoms with Gasteiger partial charge in [-0.15, -0.1) is 6.58 Å². The van der Waals surface area contributed by atoms with E-state index >= 15 is 0 Å². The fraction of sp³-hybridized carbons (Fsp3) is 0.867. The smallest absolute Gasteiger partial charge is 0.191 e. The molecule has 4 nitrogen and oxygen atoms in total. The van der Waals surface area contributed by atoms with Crippen molar-refractivity contribution in [1.82, 2.24) is 0 Å². The number of hydrogen-bond donors (Lipinski definition) is 1. The number of aliphatic hydroxyl groups is 1. The summed E-state index contributed by atoms with van der Waals surface area (Å²) in [4.78, 5) is 0. The zero-order valence-electron chi connectivity index (χ0n) is 14.1. The van der Waals surface area contributed by atoms with Gasteiger partial charge in [-0.1, -0.05) is 33.8 Å². The van der Waals surface area contributed by atoms with Gasteiger partial charge in [0, 0.05) is 19.6 Å². The van der Waals surface area contributed by atoms with Crippen molar-refractivity contribution < 1.29 is 19.0 Å². The molecule has 120 valence electrons. The molecule has 0 fully saturated rings. The van der Waals surface area contributed by atoms with Crippen LogP contribution in [-0.4, -0.2) is 46.1 Å². The Balaban J connectivity index is 4.45. The minimum absolute atomic E-state index is 0.0241. The van der Waals surface area contributed by atoms with E-state index < -0.39 is 20.5 Å². The van der Waals surface area contributed by atoms with Crippen LogP contribution in [0.3, 0.4) is 0 Å². The zero-order chi connectivity index (χ0) is 16.0. The van der Waals surface area contributed by atoms with Crippen LogP contribution in [0.2, 0.25) is 18.1 Å². The molecule has 0 aliphatic rings. The van der Waals surface area contributed by atoms with Gasteiger partial charge >= 0.3 is 0 Å². The lowest BCUT2D eigenvalue weighted by atomic mass is 10.0. The molecule has 0 heterocycles. The summed E-state index contributed by atoms with van der Waals surface area (Å²) in [5.41, 5.74) is 0. The number of methoxy groups -OCH3 is 1. The molecule has 0 aromatic carbocycles. The molecule has 0 spiro atoms. The maximum atomic E-state index is 10.3. The highest BCUT2D eigenvalue weighted by Crippen LogP contribution is 2.36. The normalized spacial score (nSPS) is 17.6. The Kier molecular flexibility index (Phi) is 8.21. The molecule has 0 saturated carbocycles. The Hall–Kier alpha value is -0.203. The van der Waals surface area contributed by atoms with Gasteiger partial charge in [-0.2, -0.15) is 0 Å². The van der Waals surface area contributed by atoms with Crippen LogP contribution in [0.25, 0.3) is 0 Å². The Morgan fingerprint density at radius 1 is 1.30 bits per heavy atom. The third kappa shape index (κ3) is 6.05. The molecule has 0 rings (SSSR count). The third-order valence-electron chi connectivity index (χ3n) is 4.04. The van der Waals surface area contributed by atoms with Crippen molar-refractivity contribution in [3.63, 3.8) is 0 Å². The molecule has 0 amide bonds. The predicted octanol–water partition coefficient (Wildman–Crippen LogP) is 3.18. The van der Waals surface area contributed by atoms with Gasteiger partial charge in [0.2, 0.25) is 0 Å². The zero-order valence-corrected chi connectivity index (χ0v) is 15.1. The minimum atomic E-state index is -1.79. The fourth-order valence-electron chi connectivity index (χ4n) is 1.43. The SMILES string of the molecule is C=C[C@@H](OCOC)[C@H](O)[C@@H](C)CO[Si](C)(C)C(C)(C)C. The van der Waals surface area contributed by atoms with E-state index in [0.29, 0.717) is 6.61 Å². The first-order chi connectivity index (χ1) is 9.06. The van der Waals surface area contributed by atoms with Gasteiger partial charge in [-0.3, -0.25) is 0 Å². The lowest BCUT2D eigenvalue weighted by Gasteiger charge is -2.37. The van der Waals surface area contributed by atoms with Crippen molar-refractivity contribution in [2.75, 3.05) is 20.5 Å². The minimum Gasteiger partial charge on any atom is -0.416 e. The average molecular weight is 305 g/mol. The Morgan fingerprint density at radius 3 is 2.25 bits per heavy atom. The van der Waals surface area contributed by atoms with Crippen LogP contribution in [0, 0.1) is 5.92 Å². The molecule has 5 heteroatoms. The van der Waals surface area contributed by atoms with Gasteiger partial charge < -0.3 is 19.0 Å². The fourth-order valence-corrected chi connectivity index (χ4v) is 2.54. The van der Waals surface area contributed by atoms with E-state index in [4.69, 9.17) is 13.9 Å². The summed E-state index contributed by atoms with van der Waals surface area (Å²) in [6.07, 6.45) is 0.521. The van der Waals surface area contributed by atoms with Gasteiger partial charge in [0.15, 0.2) is 8.32 Å². The molecule has 0 aromatic heterocycles. The van der Waals surface area contributed by atoms with Crippen LogP contribution in [0.5, 0.6) is 0 Å². The highest BCUT2D eigenvalue weighted by atomic mass is 28.4. The predicted molar refractivity (Wildman–Crippen MR) is 85.3 cm³/mol. The molecule has 3 atom stereocenters. The maximum Gasteiger partial charge on any atom is 0.191 e. The summed E-state index contributed by atoms with van der Waals surface area (Å²) in [6.45, 7) is 17.3. The standard InChI is InChI=1S/C15H32O4Si/c1-9-13(18-11-17-6)14(16)12(2)10-19-20(7,8)15(3,4)5/h9,12-14,16H,1,10-11H2,2-8H3/t12-,13+,14+/m0/s1. The Morgan fingerprint density at radius 2 is 1.85 bits per heavy atom. The van der Waals surface area contributed by atoms with Crippen LogP contribution in [0.15, 0.2) is 12.7 Å². The first-order valence-corrected chi connectivity index (χ1v) is 10.0. The maximum absolute atomic E-state index is 10.3. The van der Waals surface area contributed by atoms with Crippen LogP contribution < -0.4 is 0 Å². The largest absolute Gasteiger partial charge is 0.416 e. The molecule has 1 N–H and O–H groups in total. The van der Waals surface area contributed by atoms with E-state index in [2.05, 4.69) is 40.4 Å². The quantitative estimate of drug-likeness (QED) is 0.404. The number of ether oxygens (including phenoxy) is 2. The molecule has 0 radical (unpaired) electrons. The molecular formula is C15H32O4Si. The lowest BCUT2D eigenvalue weighted by molar-refractivity contribution is -0.107. The summed E-state index contributed by atoms with van der Waals surface area (Å²) in [7, 11) is -0.234. The molecule has 0 saturated heterocycles. The van der Waals surface area contributed by atoms with Gasteiger partial charge in [0.1, 0.15) is 12.9 Å². The van der Waals surface area contributed by atoms with E-state index in [-0.39, 0.29) is 17.7 Å². The second kappa shape index (κ2) is 8.29. The summed E-state index contributed by atoms with van der Waals surface area (Å²) in [5.74, 6) is -0.0241. The van der Waals surface area contributed by atoms with E-state index in [1.807, 2.05) is 6.92 Å². The van der Waals surface area contributed by atoms with E-state index in [0.717, 1.165) is 0 Å². The number of rotatable bonds is 9. The molecule has 0 aliphatic heterocycles. The third-order valence-corrected chi connectivity index (χ3v) is 8.54. The van der Waals surface area contributed by atoms with Crippen molar-refractivity contribution in [2.24, 2.45) is 5.92 Å². The highest BCUT2D eigenvalue weighted by molar-refractivity contribution is 6.74. The molecule has 0 aliphatic carbocycles. The van der Waals surface area contributed by atoms with Gasteiger partial charge in [0.05, 0.1) is 6.10 Å². The molecular weight excluding hydrogens is 272 g/mol. The average Bonchev–Trinajstić information content (AvgIpc) is 2.35. The van der Waals surface area contributed by atoms with Crippen LogP contribution >= 0.6 is 0 Å². The lowest BCUT2D eigenvalue weighted by Crippen LogP contribution is -2.44. The van der Waals surface area contributed by atoms with Gasteiger partial charge in [0.25, 0.3) is 0 Å². The topological polar surface area (TPSA) is 47.9 Å². The summed E-state index contributed by atoms with van der Waals surface area (Å²) >= 11 is 0. The second-order valence-corrected chi connectivity index (χ2v) is 11.6.